The predicted molar refractivity (Wildman–Crippen MR) is 42.0 cm³/mol. The number of aliphatic hydroxyl groups is 2. The molecule has 2 aliphatic rings. The standard InChI is InChI=1S/C9H16O2/c10-2-1-7-3-6-4-8(7)9(11)5-6/h6-11H,1-5H2. The maximum absolute atomic E-state index is 9.53. The van der Waals surface area contributed by atoms with Crippen LogP contribution in [0.2, 0.25) is 0 Å². The van der Waals surface area contributed by atoms with E-state index < -0.39 is 0 Å². The number of fused-ring (bicyclic) bond motifs is 2. The molecule has 2 N–H and O–H groups in total. The summed E-state index contributed by atoms with van der Waals surface area (Å²) < 4.78 is 0. The molecule has 4 atom stereocenters. The van der Waals surface area contributed by atoms with E-state index in [4.69, 9.17) is 5.11 Å². The molecule has 2 saturated carbocycles. The van der Waals surface area contributed by atoms with Gasteiger partial charge in [-0.2, -0.15) is 0 Å². The summed E-state index contributed by atoms with van der Waals surface area (Å²) in [6.07, 6.45) is 4.34. The van der Waals surface area contributed by atoms with Crippen molar-refractivity contribution in [3.63, 3.8) is 0 Å². The molecule has 2 nitrogen and oxygen atoms in total. The Morgan fingerprint density at radius 2 is 2.00 bits per heavy atom. The normalized spacial score (nSPS) is 48.5. The van der Waals surface area contributed by atoms with Crippen LogP contribution in [0, 0.1) is 17.8 Å². The second-order valence-corrected chi connectivity index (χ2v) is 4.08. The van der Waals surface area contributed by atoms with Gasteiger partial charge in [0, 0.05) is 6.61 Å². The fraction of sp³-hybridized carbons (Fsp3) is 1.00. The third-order valence-electron chi connectivity index (χ3n) is 3.42. The molecule has 64 valence electrons. The smallest absolute Gasteiger partial charge is 0.0573 e. The molecular formula is C9H16O2. The van der Waals surface area contributed by atoms with Crippen molar-refractivity contribution in [2.24, 2.45) is 17.8 Å². The van der Waals surface area contributed by atoms with E-state index >= 15 is 0 Å². The van der Waals surface area contributed by atoms with E-state index in [9.17, 15) is 5.11 Å². The lowest BCUT2D eigenvalue weighted by molar-refractivity contribution is 0.0709. The summed E-state index contributed by atoms with van der Waals surface area (Å²) in [4.78, 5) is 0. The van der Waals surface area contributed by atoms with Gasteiger partial charge in [0.05, 0.1) is 6.10 Å². The van der Waals surface area contributed by atoms with Crippen molar-refractivity contribution in [3.05, 3.63) is 0 Å². The van der Waals surface area contributed by atoms with Gasteiger partial charge in [0.25, 0.3) is 0 Å². The van der Waals surface area contributed by atoms with Gasteiger partial charge in [-0.05, 0) is 43.4 Å². The average molecular weight is 156 g/mol. The first-order valence-corrected chi connectivity index (χ1v) is 4.60. The van der Waals surface area contributed by atoms with Crippen LogP contribution in [0.1, 0.15) is 25.7 Å². The summed E-state index contributed by atoms with van der Waals surface area (Å²) >= 11 is 0. The van der Waals surface area contributed by atoms with Crippen LogP contribution < -0.4 is 0 Å². The number of hydrogen-bond acceptors (Lipinski definition) is 2. The van der Waals surface area contributed by atoms with Gasteiger partial charge < -0.3 is 10.2 Å². The zero-order valence-corrected chi connectivity index (χ0v) is 6.74. The first kappa shape index (κ1) is 7.56. The van der Waals surface area contributed by atoms with Crippen LogP contribution in [0.5, 0.6) is 0 Å². The molecule has 2 bridgehead atoms. The fourth-order valence-electron chi connectivity index (χ4n) is 2.95. The van der Waals surface area contributed by atoms with Gasteiger partial charge >= 0.3 is 0 Å². The van der Waals surface area contributed by atoms with Crippen molar-refractivity contribution in [2.75, 3.05) is 6.61 Å². The van der Waals surface area contributed by atoms with Gasteiger partial charge in [-0.25, -0.2) is 0 Å². The monoisotopic (exact) mass is 156 g/mol. The molecule has 0 saturated heterocycles. The van der Waals surface area contributed by atoms with Crippen molar-refractivity contribution in [2.45, 2.75) is 31.8 Å². The first-order valence-electron chi connectivity index (χ1n) is 4.60. The minimum atomic E-state index is -0.0506. The van der Waals surface area contributed by atoms with E-state index in [0.29, 0.717) is 18.4 Å². The van der Waals surface area contributed by atoms with Crippen molar-refractivity contribution >= 4 is 0 Å². The van der Waals surface area contributed by atoms with Gasteiger partial charge in [0.2, 0.25) is 0 Å². The van der Waals surface area contributed by atoms with Crippen molar-refractivity contribution < 1.29 is 10.2 Å². The molecule has 2 heteroatoms. The highest BCUT2D eigenvalue weighted by molar-refractivity contribution is 4.95. The molecule has 0 spiro atoms. The molecular weight excluding hydrogens is 140 g/mol. The Kier molecular flexibility index (Phi) is 1.90. The van der Waals surface area contributed by atoms with Crippen LogP contribution in [0.25, 0.3) is 0 Å². The SMILES string of the molecule is OCCC1CC2CC(O)C1C2. The van der Waals surface area contributed by atoms with Crippen molar-refractivity contribution in [3.8, 4) is 0 Å². The topological polar surface area (TPSA) is 40.5 Å². The Hall–Kier alpha value is -0.0800. The highest BCUT2D eigenvalue weighted by Crippen LogP contribution is 2.49. The molecule has 4 unspecified atom stereocenters. The van der Waals surface area contributed by atoms with Gasteiger partial charge in [0.1, 0.15) is 0 Å². The van der Waals surface area contributed by atoms with E-state index in [1.807, 2.05) is 0 Å². The summed E-state index contributed by atoms with van der Waals surface area (Å²) in [5, 5.41) is 18.3. The molecule has 0 aromatic heterocycles. The van der Waals surface area contributed by atoms with E-state index in [1.54, 1.807) is 0 Å². The summed E-state index contributed by atoms with van der Waals surface area (Å²) in [6.45, 7) is 0.292. The zero-order valence-electron chi connectivity index (χ0n) is 6.74. The van der Waals surface area contributed by atoms with E-state index in [1.165, 1.54) is 12.8 Å². The number of aliphatic hydroxyl groups excluding tert-OH is 2. The van der Waals surface area contributed by atoms with Gasteiger partial charge in [0.15, 0.2) is 0 Å². The van der Waals surface area contributed by atoms with Crippen molar-refractivity contribution in [1.29, 1.82) is 0 Å². The molecule has 11 heavy (non-hydrogen) atoms. The molecule has 2 fully saturated rings. The van der Waals surface area contributed by atoms with Gasteiger partial charge in [-0.15, -0.1) is 0 Å². The maximum atomic E-state index is 9.53. The zero-order chi connectivity index (χ0) is 7.84. The Bertz CT molecular complexity index is 146. The molecule has 0 amide bonds. The van der Waals surface area contributed by atoms with E-state index in [0.717, 1.165) is 18.8 Å². The molecule has 0 aromatic rings. The Balaban J connectivity index is 1.96. The molecule has 0 heterocycles. The third-order valence-corrected chi connectivity index (χ3v) is 3.42. The molecule has 2 aliphatic carbocycles. The quantitative estimate of drug-likeness (QED) is 0.620. The highest BCUT2D eigenvalue weighted by Gasteiger charge is 2.44. The van der Waals surface area contributed by atoms with Crippen LogP contribution in [-0.4, -0.2) is 22.9 Å². The molecule has 2 rings (SSSR count). The average Bonchev–Trinajstić information content (AvgIpc) is 2.46. The number of rotatable bonds is 2. The Labute approximate surface area is 67.2 Å². The van der Waals surface area contributed by atoms with E-state index in [-0.39, 0.29) is 6.10 Å². The molecule has 0 aromatic carbocycles. The van der Waals surface area contributed by atoms with Crippen LogP contribution in [0.15, 0.2) is 0 Å². The summed E-state index contributed by atoms with van der Waals surface area (Å²) in [5.41, 5.74) is 0. The van der Waals surface area contributed by atoms with Crippen molar-refractivity contribution in [1.82, 2.24) is 0 Å². The lowest BCUT2D eigenvalue weighted by Gasteiger charge is -2.25. The lowest BCUT2D eigenvalue weighted by atomic mass is 9.85. The minimum absolute atomic E-state index is 0.0506. The van der Waals surface area contributed by atoms with Gasteiger partial charge in [-0.3, -0.25) is 0 Å². The summed E-state index contributed by atoms with van der Waals surface area (Å²) in [7, 11) is 0. The van der Waals surface area contributed by atoms with Crippen LogP contribution >= 0.6 is 0 Å². The molecule has 0 aliphatic heterocycles. The first-order chi connectivity index (χ1) is 5.31. The third kappa shape index (κ3) is 1.18. The van der Waals surface area contributed by atoms with E-state index in [2.05, 4.69) is 0 Å². The Morgan fingerprint density at radius 1 is 1.18 bits per heavy atom. The molecule has 0 radical (unpaired) electrons. The van der Waals surface area contributed by atoms with Crippen LogP contribution in [0.3, 0.4) is 0 Å². The van der Waals surface area contributed by atoms with Gasteiger partial charge in [-0.1, -0.05) is 0 Å². The largest absolute Gasteiger partial charge is 0.396 e. The second kappa shape index (κ2) is 2.76. The number of hydrogen-bond donors (Lipinski definition) is 2. The summed E-state index contributed by atoms with van der Waals surface area (Å²) in [5.74, 6) is 1.91. The maximum Gasteiger partial charge on any atom is 0.0573 e. The fourth-order valence-corrected chi connectivity index (χ4v) is 2.95. The summed E-state index contributed by atoms with van der Waals surface area (Å²) in [6, 6.07) is 0. The van der Waals surface area contributed by atoms with Crippen LogP contribution in [-0.2, 0) is 0 Å². The minimum Gasteiger partial charge on any atom is -0.396 e. The highest BCUT2D eigenvalue weighted by atomic mass is 16.3. The lowest BCUT2D eigenvalue weighted by Crippen LogP contribution is -2.24. The Morgan fingerprint density at radius 3 is 2.55 bits per heavy atom. The predicted octanol–water partition coefficient (Wildman–Crippen LogP) is 0.776. The second-order valence-electron chi connectivity index (χ2n) is 4.08. The van der Waals surface area contributed by atoms with Crippen LogP contribution in [0.4, 0.5) is 0 Å².